The maximum absolute atomic E-state index is 10.1. The van der Waals surface area contributed by atoms with Gasteiger partial charge in [-0.2, -0.15) is 0 Å². The summed E-state index contributed by atoms with van der Waals surface area (Å²) in [7, 11) is 0. The third kappa shape index (κ3) is 2.36. The molecule has 0 fully saturated rings. The van der Waals surface area contributed by atoms with E-state index in [1.807, 2.05) is 13.0 Å². The van der Waals surface area contributed by atoms with Crippen LogP contribution in [0.3, 0.4) is 0 Å². The van der Waals surface area contributed by atoms with Crippen LogP contribution < -0.4 is 0 Å². The Bertz CT molecular complexity index is 374. The Morgan fingerprint density at radius 2 is 2.33 bits per heavy atom. The Morgan fingerprint density at radius 3 is 3.00 bits per heavy atom. The number of ether oxygens (including phenoxy) is 1. The first-order chi connectivity index (χ1) is 7.27. The molecule has 2 rings (SSSR count). The van der Waals surface area contributed by atoms with E-state index in [-0.39, 0.29) is 0 Å². The molecule has 0 radical (unpaired) electrons. The number of pyridine rings is 1. The second kappa shape index (κ2) is 4.45. The number of hydrogen-bond donors (Lipinski definition) is 1. The van der Waals surface area contributed by atoms with Gasteiger partial charge in [0.2, 0.25) is 0 Å². The molecule has 15 heavy (non-hydrogen) atoms. The number of aliphatic hydroxyl groups is 1. The van der Waals surface area contributed by atoms with Gasteiger partial charge in [-0.3, -0.25) is 4.98 Å². The summed E-state index contributed by atoms with van der Waals surface area (Å²) in [5.74, 6) is 0. The lowest BCUT2D eigenvalue weighted by Crippen LogP contribution is -2.08. The second-order valence-electron chi connectivity index (χ2n) is 3.87. The molecule has 0 aliphatic carbocycles. The maximum Gasteiger partial charge on any atom is 0.105 e. The average Bonchev–Trinajstić information content (AvgIpc) is 2.29. The van der Waals surface area contributed by atoms with Gasteiger partial charge >= 0.3 is 0 Å². The van der Waals surface area contributed by atoms with Gasteiger partial charge in [0, 0.05) is 18.0 Å². The van der Waals surface area contributed by atoms with Crippen molar-refractivity contribution in [2.75, 3.05) is 6.61 Å². The summed E-state index contributed by atoms with van der Waals surface area (Å²) in [6, 6.07) is 1.95. The van der Waals surface area contributed by atoms with Crippen LogP contribution in [0.2, 0.25) is 0 Å². The molecule has 0 saturated carbocycles. The molecule has 0 saturated heterocycles. The lowest BCUT2D eigenvalue weighted by atomic mass is 9.98. The molecular weight excluding hydrogens is 190 g/mol. The topological polar surface area (TPSA) is 42.4 Å². The van der Waals surface area contributed by atoms with E-state index < -0.39 is 6.10 Å². The minimum absolute atomic E-state index is 0.572. The van der Waals surface area contributed by atoms with Crippen LogP contribution in [0, 0.1) is 6.92 Å². The Labute approximate surface area is 89.4 Å². The zero-order valence-corrected chi connectivity index (χ0v) is 8.81. The number of nitrogens with zero attached hydrogens (tertiary/aromatic N) is 1. The van der Waals surface area contributed by atoms with E-state index in [2.05, 4.69) is 4.98 Å². The molecule has 1 aromatic heterocycles. The SMILES string of the molecule is Cc1cncc(C(O)C2=COCCC2)c1. The van der Waals surface area contributed by atoms with Gasteiger partial charge in [0.25, 0.3) is 0 Å². The van der Waals surface area contributed by atoms with Gasteiger partial charge in [0.1, 0.15) is 6.10 Å². The number of aliphatic hydroxyl groups excluding tert-OH is 1. The van der Waals surface area contributed by atoms with Crippen molar-refractivity contribution in [2.24, 2.45) is 0 Å². The van der Waals surface area contributed by atoms with Crippen molar-refractivity contribution in [1.29, 1.82) is 0 Å². The van der Waals surface area contributed by atoms with Crippen LogP contribution in [0.4, 0.5) is 0 Å². The van der Waals surface area contributed by atoms with Crippen molar-refractivity contribution >= 4 is 0 Å². The summed E-state index contributed by atoms with van der Waals surface area (Å²) >= 11 is 0. The molecule has 0 bridgehead atoms. The minimum atomic E-state index is -0.572. The fourth-order valence-electron chi connectivity index (χ4n) is 1.73. The first-order valence-electron chi connectivity index (χ1n) is 5.17. The van der Waals surface area contributed by atoms with Crippen LogP contribution in [-0.2, 0) is 4.74 Å². The van der Waals surface area contributed by atoms with Gasteiger partial charge < -0.3 is 9.84 Å². The molecule has 1 N–H and O–H groups in total. The van der Waals surface area contributed by atoms with Crippen LogP contribution in [-0.4, -0.2) is 16.7 Å². The van der Waals surface area contributed by atoms with Gasteiger partial charge in [-0.15, -0.1) is 0 Å². The fraction of sp³-hybridized carbons (Fsp3) is 0.417. The molecule has 1 atom stereocenters. The number of aryl methyl sites for hydroxylation is 1. The third-order valence-corrected chi connectivity index (χ3v) is 2.53. The Hall–Kier alpha value is -1.35. The summed E-state index contributed by atoms with van der Waals surface area (Å²) < 4.78 is 5.21. The van der Waals surface area contributed by atoms with Gasteiger partial charge in [0.15, 0.2) is 0 Å². The van der Waals surface area contributed by atoms with Crippen LogP contribution in [0.5, 0.6) is 0 Å². The van der Waals surface area contributed by atoms with E-state index in [4.69, 9.17) is 4.74 Å². The Balaban J connectivity index is 2.19. The smallest absolute Gasteiger partial charge is 0.105 e. The van der Waals surface area contributed by atoms with Gasteiger partial charge in [-0.1, -0.05) is 6.07 Å². The summed E-state index contributed by atoms with van der Waals surface area (Å²) in [6.07, 6.45) is 6.46. The number of hydrogen-bond acceptors (Lipinski definition) is 3. The summed E-state index contributed by atoms with van der Waals surface area (Å²) in [5, 5.41) is 10.1. The highest BCUT2D eigenvalue weighted by molar-refractivity contribution is 5.26. The predicted octanol–water partition coefficient (Wildman–Crippen LogP) is 2.12. The fourth-order valence-corrected chi connectivity index (χ4v) is 1.73. The molecule has 1 aliphatic heterocycles. The van der Waals surface area contributed by atoms with Crippen LogP contribution >= 0.6 is 0 Å². The van der Waals surface area contributed by atoms with E-state index in [0.29, 0.717) is 0 Å². The molecule has 3 nitrogen and oxygen atoms in total. The maximum atomic E-state index is 10.1. The second-order valence-corrected chi connectivity index (χ2v) is 3.87. The molecular formula is C12H15NO2. The summed E-state index contributed by atoms with van der Waals surface area (Å²) in [4.78, 5) is 4.07. The van der Waals surface area contributed by atoms with E-state index in [0.717, 1.165) is 36.1 Å². The molecule has 3 heteroatoms. The lowest BCUT2D eigenvalue weighted by molar-refractivity contribution is 0.170. The molecule has 2 heterocycles. The van der Waals surface area contributed by atoms with Crippen molar-refractivity contribution in [3.8, 4) is 0 Å². The molecule has 0 aromatic carbocycles. The molecule has 80 valence electrons. The standard InChI is InChI=1S/C12H15NO2/c1-9-5-11(7-13-6-9)12(14)10-3-2-4-15-8-10/h5-8,12,14H,2-4H2,1H3. The van der Waals surface area contributed by atoms with Crippen LogP contribution in [0.1, 0.15) is 30.1 Å². The van der Waals surface area contributed by atoms with Crippen LogP contribution in [0.25, 0.3) is 0 Å². The molecule has 1 unspecified atom stereocenters. The molecule has 0 spiro atoms. The van der Waals surface area contributed by atoms with Gasteiger partial charge in [-0.25, -0.2) is 0 Å². The van der Waals surface area contributed by atoms with E-state index in [9.17, 15) is 5.11 Å². The van der Waals surface area contributed by atoms with E-state index >= 15 is 0 Å². The lowest BCUT2D eigenvalue weighted by Gasteiger charge is -2.19. The van der Waals surface area contributed by atoms with Crippen molar-refractivity contribution < 1.29 is 9.84 Å². The number of rotatable bonds is 2. The van der Waals surface area contributed by atoms with Gasteiger partial charge in [-0.05, 0) is 30.9 Å². The highest BCUT2D eigenvalue weighted by Crippen LogP contribution is 2.27. The van der Waals surface area contributed by atoms with Crippen molar-refractivity contribution in [2.45, 2.75) is 25.9 Å². The van der Waals surface area contributed by atoms with E-state index in [1.54, 1.807) is 18.7 Å². The minimum Gasteiger partial charge on any atom is -0.501 e. The Morgan fingerprint density at radius 1 is 1.47 bits per heavy atom. The number of aromatic nitrogens is 1. The van der Waals surface area contributed by atoms with Crippen molar-refractivity contribution in [3.05, 3.63) is 41.4 Å². The first kappa shape index (κ1) is 10.2. The summed E-state index contributed by atoms with van der Waals surface area (Å²) in [6.45, 7) is 2.72. The van der Waals surface area contributed by atoms with Crippen LogP contribution in [0.15, 0.2) is 30.3 Å². The molecule has 1 aliphatic rings. The summed E-state index contributed by atoms with van der Waals surface area (Å²) in [5.41, 5.74) is 2.84. The highest BCUT2D eigenvalue weighted by Gasteiger charge is 2.16. The zero-order valence-electron chi connectivity index (χ0n) is 8.81. The zero-order chi connectivity index (χ0) is 10.7. The average molecular weight is 205 g/mol. The highest BCUT2D eigenvalue weighted by atomic mass is 16.5. The van der Waals surface area contributed by atoms with Crippen molar-refractivity contribution in [1.82, 2.24) is 4.98 Å². The third-order valence-electron chi connectivity index (χ3n) is 2.53. The monoisotopic (exact) mass is 205 g/mol. The quantitative estimate of drug-likeness (QED) is 0.804. The van der Waals surface area contributed by atoms with Crippen molar-refractivity contribution in [3.63, 3.8) is 0 Å². The predicted molar refractivity (Wildman–Crippen MR) is 57.2 cm³/mol. The Kier molecular flexibility index (Phi) is 3.02. The first-order valence-corrected chi connectivity index (χ1v) is 5.17. The molecule has 0 amide bonds. The molecule has 1 aromatic rings. The largest absolute Gasteiger partial charge is 0.501 e. The van der Waals surface area contributed by atoms with E-state index in [1.165, 1.54) is 0 Å². The van der Waals surface area contributed by atoms with Gasteiger partial charge in [0.05, 0.1) is 12.9 Å². The normalized spacial score (nSPS) is 17.9.